The Morgan fingerprint density at radius 2 is 1.87 bits per heavy atom. The molecule has 1 saturated carbocycles. The van der Waals surface area contributed by atoms with Crippen LogP contribution in [0.25, 0.3) is 17.0 Å². The number of hydrogen-bond donors (Lipinski definition) is 4. The molecule has 1 aromatic heterocycles. The molecule has 2 aromatic rings. The van der Waals surface area contributed by atoms with E-state index in [-0.39, 0.29) is 30.4 Å². The zero-order chi connectivity index (χ0) is 32.9. The number of halogens is 3. The molecule has 1 aromatic carbocycles. The van der Waals surface area contributed by atoms with E-state index >= 15 is 0 Å². The first kappa shape index (κ1) is 35.4. The van der Waals surface area contributed by atoms with Crippen molar-refractivity contribution in [3.05, 3.63) is 47.7 Å². The van der Waals surface area contributed by atoms with Gasteiger partial charge in [0.2, 0.25) is 15.6 Å². The third kappa shape index (κ3) is 10.0. The largest absolute Gasteiger partial charge is 0.460 e. The summed E-state index contributed by atoms with van der Waals surface area (Å²) in [4.78, 5) is 43.7. The van der Waals surface area contributed by atoms with Crippen molar-refractivity contribution in [2.24, 2.45) is 11.3 Å². The highest BCUT2D eigenvalue weighted by molar-refractivity contribution is 6.67. The van der Waals surface area contributed by atoms with Crippen LogP contribution in [0.1, 0.15) is 70.7 Å². The van der Waals surface area contributed by atoms with E-state index in [1.807, 2.05) is 68.3 Å². The highest BCUT2D eigenvalue weighted by Gasteiger charge is 2.48. The molecule has 1 aliphatic heterocycles. The molecule has 45 heavy (non-hydrogen) atoms. The lowest BCUT2D eigenvalue weighted by Crippen LogP contribution is -2.58. The van der Waals surface area contributed by atoms with Crippen LogP contribution in [0.2, 0.25) is 0 Å². The molecule has 0 radical (unpaired) electrons. The van der Waals surface area contributed by atoms with Crippen molar-refractivity contribution >= 4 is 69.6 Å². The van der Waals surface area contributed by atoms with E-state index in [2.05, 4.69) is 21.0 Å². The fourth-order valence-corrected chi connectivity index (χ4v) is 5.44. The van der Waals surface area contributed by atoms with E-state index < -0.39 is 33.4 Å². The predicted octanol–water partition coefficient (Wildman–Crippen LogP) is 4.61. The minimum atomic E-state index is -1.68. The van der Waals surface area contributed by atoms with Crippen LogP contribution in [0.4, 0.5) is 0 Å². The molecule has 1 aliphatic carbocycles. The highest BCUT2D eigenvalue weighted by atomic mass is 35.6. The summed E-state index contributed by atoms with van der Waals surface area (Å²) in [5.74, 6) is -1.09. The van der Waals surface area contributed by atoms with Crippen LogP contribution in [-0.2, 0) is 19.1 Å². The summed E-state index contributed by atoms with van der Waals surface area (Å²) >= 11 is 17.1. The Bertz CT molecular complexity index is 1410. The molecule has 13 heteroatoms. The zero-order valence-corrected chi connectivity index (χ0v) is 28.3. The van der Waals surface area contributed by atoms with E-state index in [1.165, 1.54) is 0 Å². The molecule has 4 N–H and O–H groups in total. The average Bonchev–Trinajstić information content (AvgIpc) is 3.77. The number of aromatic nitrogens is 1. The number of aliphatic hydroxyl groups is 1. The van der Waals surface area contributed by atoms with Gasteiger partial charge in [0, 0.05) is 24.5 Å². The lowest BCUT2D eigenvalue weighted by atomic mass is 9.99. The molecular weight excluding hydrogens is 641 g/mol. The van der Waals surface area contributed by atoms with Crippen molar-refractivity contribution in [1.29, 1.82) is 0 Å². The van der Waals surface area contributed by atoms with E-state index in [0.29, 0.717) is 38.0 Å². The number of hydrazine groups is 1. The summed E-state index contributed by atoms with van der Waals surface area (Å²) < 4.78 is 3.43. The van der Waals surface area contributed by atoms with Crippen LogP contribution >= 0.6 is 34.8 Å². The second kappa shape index (κ2) is 15.0. The van der Waals surface area contributed by atoms with Gasteiger partial charge in [-0.25, -0.2) is 10.4 Å². The molecule has 2 aliphatic rings. The Morgan fingerprint density at radius 3 is 2.51 bits per heavy atom. The summed E-state index contributed by atoms with van der Waals surface area (Å²) in [6, 6.07) is 8.04. The summed E-state index contributed by atoms with van der Waals surface area (Å²) in [5, 5.41) is 18.7. The molecule has 2 fully saturated rings. The Balaban J connectivity index is 1.32. The maximum absolute atomic E-state index is 13.4. The second-order valence-corrected chi connectivity index (χ2v) is 15.0. The summed E-state index contributed by atoms with van der Waals surface area (Å²) in [5.41, 5.74) is 4.74. The van der Waals surface area contributed by atoms with E-state index in [4.69, 9.17) is 39.5 Å². The minimum absolute atomic E-state index is 0.138. The number of hydrogen-bond acceptors (Lipinski definition) is 8. The van der Waals surface area contributed by atoms with Crippen LogP contribution in [0.5, 0.6) is 0 Å². The number of ether oxygens (including phenoxy) is 1. The molecule has 246 valence electrons. The van der Waals surface area contributed by atoms with Gasteiger partial charge in [-0.3, -0.25) is 19.4 Å². The van der Waals surface area contributed by atoms with E-state index in [1.54, 1.807) is 6.92 Å². The van der Waals surface area contributed by atoms with Gasteiger partial charge in [0.1, 0.15) is 18.7 Å². The van der Waals surface area contributed by atoms with Gasteiger partial charge in [-0.2, -0.15) is 0 Å². The highest BCUT2D eigenvalue weighted by Crippen LogP contribution is 2.48. The SMILES string of the molecule is CC(CN1CCCC(C(=O)OCC(Cl)(Cl)Cl)N1)NC(=O)C(NC(=O)C1(C=Cc2ccc3ccc(C(C)O)nc3c2)CC1)C(C)C. The summed E-state index contributed by atoms with van der Waals surface area (Å²) in [6.07, 6.45) is 5.89. The average molecular weight is 683 g/mol. The molecular formula is C32H42Cl3N5O5. The molecule has 2 heterocycles. The molecule has 4 rings (SSSR count). The van der Waals surface area contributed by atoms with Gasteiger partial charge in [0.15, 0.2) is 0 Å². The number of nitrogens with zero attached hydrogens (tertiary/aromatic N) is 2. The third-order valence-electron chi connectivity index (χ3n) is 8.04. The van der Waals surface area contributed by atoms with Crippen LogP contribution < -0.4 is 16.1 Å². The second-order valence-electron chi connectivity index (χ2n) is 12.5. The Kier molecular flexibility index (Phi) is 11.8. The molecule has 1 saturated heterocycles. The number of pyridine rings is 1. The molecule has 2 amide bonds. The maximum atomic E-state index is 13.4. The fraction of sp³-hybridized carbons (Fsp3) is 0.562. The number of carbonyl (C=O) groups is 3. The van der Waals surface area contributed by atoms with E-state index in [9.17, 15) is 19.5 Å². The van der Waals surface area contributed by atoms with Crippen molar-refractivity contribution in [2.75, 3.05) is 19.7 Å². The van der Waals surface area contributed by atoms with Crippen molar-refractivity contribution in [3.63, 3.8) is 0 Å². The maximum Gasteiger partial charge on any atom is 0.324 e. The third-order valence-corrected chi connectivity index (χ3v) is 8.37. The van der Waals surface area contributed by atoms with Gasteiger partial charge in [-0.05, 0) is 63.1 Å². The molecule has 10 nitrogen and oxygen atoms in total. The normalized spacial score (nSPS) is 20.5. The van der Waals surface area contributed by atoms with Crippen molar-refractivity contribution in [2.45, 2.75) is 81.4 Å². The first-order chi connectivity index (χ1) is 21.2. The van der Waals surface area contributed by atoms with Gasteiger partial charge < -0.3 is 20.5 Å². The topological polar surface area (TPSA) is 133 Å². The van der Waals surface area contributed by atoms with Gasteiger partial charge >= 0.3 is 5.97 Å². The quantitative estimate of drug-likeness (QED) is 0.189. The molecule has 0 spiro atoms. The monoisotopic (exact) mass is 681 g/mol. The number of benzene rings is 1. The van der Waals surface area contributed by atoms with Crippen LogP contribution in [0, 0.1) is 11.3 Å². The van der Waals surface area contributed by atoms with Gasteiger partial charge in [0.25, 0.3) is 0 Å². The van der Waals surface area contributed by atoms with E-state index in [0.717, 1.165) is 22.9 Å². The van der Waals surface area contributed by atoms with Crippen LogP contribution in [-0.4, -0.2) is 74.5 Å². The molecule has 4 unspecified atom stereocenters. The molecule has 4 atom stereocenters. The number of aliphatic hydroxyl groups excluding tert-OH is 1. The Morgan fingerprint density at radius 1 is 1.16 bits per heavy atom. The first-order valence-electron chi connectivity index (χ1n) is 15.3. The van der Waals surface area contributed by atoms with Gasteiger partial charge in [-0.1, -0.05) is 79.0 Å². The smallest absolute Gasteiger partial charge is 0.324 e. The summed E-state index contributed by atoms with van der Waals surface area (Å²) in [7, 11) is 0. The van der Waals surface area contributed by atoms with Gasteiger partial charge in [0.05, 0.1) is 22.7 Å². The lowest BCUT2D eigenvalue weighted by molar-refractivity contribution is -0.149. The standard InChI is InChI=1S/C32H42Cl3N5O5/c1-19(2)27(28(42)36-20(3)17-40-15-5-6-25(39-40)29(43)45-18-32(33,34)35)38-30(44)31(13-14-31)12-11-22-7-8-23-9-10-24(21(4)41)37-26(23)16-22/h7-12,16,19-21,25,27,39,41H,5-6,13-15,17-18H2,1-4H3,(H,36,42)(H,38,44). The molecule has 0 bridgehead atoms. The first-order valence-corrected chi connectivity index (χ1v) is 16.4. The van der Waals surface area contributed by atoms with Crippen molar-refractivity contribution < 1.29 is 24.2 Å². The van der Waals surface area contributed by atoms with Crippen molar-refractivity contribution in [1.82, 2.24) is 26.1 Å². The number of rotatable bonds is 12. The Labute approximate surface area is 279 Å². The fourth-order valence-electron chi connectivity index (χ4n) is 5.28. The number of alkyl halides is 3. The van der Waals surface area contributed by atoms with Crippen LogP contribution in [0.15, 0.2) is 36.4 Å². The number of nitrogens with one attached hydrogen (secondary N) is 3. The minimum Gasteiger partial charge on any atom is -0.460 e. The Hall–Kier alpha value is -2.47. The lowest BCUT2D eigenvalue weighted by Gasteiger charge is -2.35. The summed E-state index contributed by atoms with van der Waals surface area (Å²) in [6.45, 7) is 8.12. The zero-order valence-electron chi connectivity index (χ0n) is 26.0. The number of carbonyl (C=O) groups excluding carboxylic acids is 3. The predicted molar refractivity (Wildman–Crippen MR) is 176 cm³/mol. The van der Waals surface area contributed by atoms with Crippen molar-refractivity contribution in [3.8, 4) is 0 Å². The number of fused-ring (bicyclic) bond motifs is 1. The van der Waals surface area contributed by atoms with Crippen LogP contribution in [0.3, 0.4) is 0 Å². The number of esters is 1. The van der Waals surface area contributed by atoms with Gasteiger partial charge in [-0.15, -0.1) is 0 Å². The number of amides is 2.